The summed E-state index contributed by atoms with van der Waals surface area (Å²) in [5.41, 5.74) is 1.37. The van der Waals surface area contributed by atoms with Crippen LogP contribution in [0.25, 0.3) is 0 Å². The molecule has 1 aromatic heterocycles. The van der Waals surface area contributed by atoms with Gasteiger partial charge in [0, 0.05) is 24.4 Å². The number of carbonyl (C=O) groups is 2. The molecule has 2 aromatic rings. The van der Waals surface area contributed by atoms with E-state index in [1.807, 2.05) is 6.07 Å². The van der Waals surface area contributed by atoms with Gasteiger partial charge in [-0.1, -0.05) is 24.3 Å². The van der Waals surface area contributed by atoms with Crippen molar-refractivity contribution >= 4 is 11.9 Å². The van der Waals surface area contributed by atoms with Crippen LogP contribution in [0.3, 0.4) is 0 Å². The molecule has 0 radical (unpaired) electrons. The minimum atomic E-state index is -4.54. The maximum Gasteiger partial charge on any atom is 0.422 e. The highest BCUT2D eigenvalue weighted by Gasteiger charge is 2.36. The van der Waals surface area contributed by atoms with E-state index in [1.165, 1.54) is 11.0 Å². The average Bonchev–Trinajstić information content (AvgIpc) is 2.64. The lowest BCUT2D eigenvalue weighted by atomic mass is 9.92. The third-order valence-corrected chi connectivity index (χ3v) is 4.14. The highest BCUT2D eigenvalue weighted by molar-refractivity contribution is 5.97. The number of pyridine rings is 1. The molecule has 3 rings (SSSR count). The van der Waals surface area contributed by atoms with Gasteiger partial charge in [0.2, 0.25) is 5.88 Å². The SMILES string of the molecule is O=C(O)C1c2ccccc2CCN1C(=O)c1ccnc(OCC(F)(F)F)c1. The number of carboxylic acids is 1. The first-order chi connectivity index (χ1) is 12.8. The third-order valence-electron chi connectivity index (χ3n) is 4.14. The van der Waals surface area contributed by atoms with Crippen molar-refractivity contribution in [3.05, 3.63) is 59.3 Å². The second-order valence-corrected chi connectivity index (χ2v) is 5.97. The second-order valence-electron chi connectivity index (χ2n) is 5.97. The molecule has 2 heterocycles. The summed E-state index contributed by atoms with van der Waals surface area (Å²) in [6, 6.07) is 8.16. The zero-order valence-corrected chi connectivity index (χ0v) is 13.9. The van der Waals surface area contributed by atoms with Crippen LogP contribution in [0, 0.1) is 0 Å². The van der Waals surface area contributed by atoms with Gasteiger partial charge in [-0.05, 0) is 23.6 Å². The summed E-state index contributed by atoms with van der Waals surface area (Å²) in [5.74, 6) is -2.16. The Morgan fingerprint density at radius 2 is 2.00 bits per heavy atom. The molecule has 0 saturated heterocycles. The number of alkyl halides is 3. The number of hydrogen-bond acceptors (Lipinski definition) is 4. The van der Waals surface area contributed by atoms with Crippen LogP contribution in [0.4, 0.5) is 13.2 Å². The fraction of sp³-hybridized carbons (Fsp3) is 0.278. The number of halogens is 3. The van der Waals surface area contributed by atoms with E-state index < -0.39 is 30.7 Å². The summed E-state index contributed by atoms with van der Waals surface area (Å²) < 4.78 is 41.4. The highest BCUT2D eigenvalue weighted by Crippen LogP contribution is 2.31. The highest BCUT2D eigenvalue weighted by atomic mass is 19.4. The van der Waals surface area contributed by atoms with Gasteiger partial charge in [0.15, 0.2) is 12.6 Å². The van der Waals surface area contributed by atoms with Crippen molar-refractivity contribution in [1.29, 1.82) is 0 Å². The van der Waals surface area contributed by atoms with E-state index in [2.05, 4.69) is 9.72 Å². The van der Waals surface area contributed by atoms with Crippen molar-refractivity contribution in [2.24, 2.45) is 0 Å². The molecule has 0 saturated carbocycles. The zero-order valence-electron chi connectivity index (χ0n) is 13.9. The van der Waals surface area contributed by atoms with Gasteiger partial charge in [-0.15, -0.1) is 0 Å². The van der Waals surface area contributed by atoms with Crippen LogP contribution in [-0.4, -0.2) is 46.2 Å². The van der Waals surface area contributed by atoms with Gasteiger partial charge in [0.25, 0.3) is 5.91 Å². The number of ether oxygens (including phenoxy) is 1. The minimum Gasteiger partial charge on any atom is -0.479 e. The van der Waals surface area contributed by atoms with Crippen LogP contribution in [0.1, 0.15) is 27.5 Å². The lowest BCUT2D eigenvalue weighted by Crippen LogP contribution is -2.43. The number of fused-ring (bicyclic) bond motifs is 1. The number of amides is 1. The molecule has 0 fully saturated rings. The summed E-state index contributed by atoms with van der Waals surface area (Å²) >= 11 is 0. The van der Waals surface area contributed by atoms with E-state index in [9.17, 15) is 27.9 Å². The molecule has 27 heavy (non-hydrogen) atoms. The smallest absolute Gasteiger partial charge is 0.422 e. The Hall–Kier alpha value is -3.10. The Labute approximate surface area is 152 Å². The van der Waals surface area contributed by atoms with Crippen LogP contribution >= 0.6 is 0 Å². The normalized spacial score (nSPS) is 16.6. The molecule has 0 spiro atoms. The fourth-order valence-corrected chi connectivity index (χ4v) is 2.99. The molecule has 0 aliphatic carbocycles. The molecule has 9 heteroatoms. The largest absolute Gasteiger partial charge is 0.479 e. The minimum absolute atomic E-state index is 0.00723. The Kier molecular flexibility index (Phi) is 5.02. The molecule has 1 N–H and O–H groups in total. The van der Waals surface area contributed by atoms with E-state index in [4.69, 9.17) is 0 Å². The Morgan fingerprint density at radius 1 is 1.26 bits per heavy atom. The van der Waals surface area contributed by atoms with Crippen molar-refractivity contribution in [1.82, 2.24) is 9.88 Å². The molecule has 1 atom stereocenters. The molecule has 142 valence electrons. The van der Waals surface area contributed by atoms with Crippen molar-refractivity contribution in [2.45, 2.75) is 18.6 Å². The maximum atomic E-state index is 12.8. The van der Waals surface area contributed by atoms with E-state index in [0.29, 0.717) is 12.0 Å². The first-order valence-electron chi connectivity index (χ1n) is 8.03. The van der Waals surface area contributed by atoms with Crippen LogP contribution in [0.5, 0.6) is 5.88 Å². The van der Waals surface area contributed by atoms with Gasteiger partial charge < -0.3 is 14.7 Å². The summed E-state index contributed by atoms with van der Waals surface area (Å²) in [6.45, 7) is -1.36. The number of carbonyl (C=O) groups excluding carboxylic acids is 1. The quantitative estimate of drug-likeness (QED) is 0.882. The maximum absolute atomic E-state index is 12.8. The van der Waals surface area contributed by atoms with Crippen LogP contribution in [0.2, 0.25) is 0 Å². The van der Waals surface area contributed by atoms with Gasteiger partial charge in [0.05, 0.1) is 0 Å². The van der Waals surface area contributed by atoms with Crippen molar-refractivity contribution in [3.63, 3.8) is 0 Å². The van der Waals surface area contributed by atoms with Crippen molar-refractivity contribution in [3.8, 4) is 5.88 Å². The molecule has 0 bridgehead atoms. The second kappa shape index (κ2) is 7.26. The Bertz CT molecular complexity index is 870. The molecule has 6 nitrogen and oxygen atoms in total. The van der Waals surface area contributed by atoms with Gasteiger partial charge >= 0.3 is 12.1 Å². The first kappa shape index (κ1) is 18.7. The molecule has 1 unspecified atom stereocenters. The van der Waals surface area contributed by atoms with E-state index in [-0.39, 0.29) is 18.0 Å². The van der Waals surface area contributed by atoms with Crippen molar-refractivity contribution in [2.75, 3.05) is 13.2 Å². The van der Waals surface area contributed by atoms with Crippen LogP contribution < -0.4 is 4.74 Å². The molecular weight excluding hydrogens is 365 g/mol. The summed E-state index contributed by atoms with van der Waals surface area (Å²) in [6.07, 6.45) is -2.91. The van der Waals surface area contributed by atoms with Gasteiger partial charge in [-0.25, -0.2) is 9.78 Å². The van der Waals surface area contributed by atoms with Crippen molar-refractivity contribution < 1.29 is 32.6 Å². The molecular formula is C18H15F3N2O4. The number of hydrogen-bond donors (Lipinski definition) is 1. The Morgan fingerprint density at radius 3 is 2.70 bits per heavy atom. The first-order valence-corrected chi connectivity index (χ1v) is 8.03. The standard InChI is InChI=1S/C18H15F3N2O4/c19-18(20,21)10-27-14-9-12(5-7-22-14)16(24)23-8-6-11-3-1-2-4-13(11)15(23)17(25)26/h1-5,7,9,15H,6,8,10H2,(H,25,26). The van der Waals surface area contributed by atoms with E-state index in [1.54, 1.807) is 18.2 Å². The predicted octanol–water partition coefficient (Wildman–Crippen LogP) is 2.85. The molecule has 1 aliphatic heterocycles. The Balaban J connectivity index is 1.86. The third kappa shape index (κ3) is 4.18. The molecule has 1 aromatic carbocycles. The van der Waals surface area contributed by atoms with E-state index >= 15 is 0 Å². The summed E-state index contributed by atoms with van der Waals surface area (Å²) in [7, 11) is 0. The number of nitrogens with zero attached hydrogens (tertiary/aromatic N) is 2. The number of benzene rings is 1. The summed E-state index contributed by atoms with van der Waals surface area (Å²) in [4.78, 5) is 29.5. The summed E-state index contributed by atoms with van der Waals surface area (Å²) in [5, 5.41) is 9.62. The number of aliphatic carboxylic acids is 1. The lowest BCUT2D eigenvalue weighted by Gasteiger charge is -2.34. The average molecular weight is 380 g/mol. The monoisotopic (exact) mass is 380 g/mol. The fourth-order valence-electron chi connectivity index (χ4n) is 2.99. The van der Waals surface area contributed by atoms with Gasteiger partial charge in [0.1, 0.15) is 0 Å². The van der Waals surface area contributed by atoms with E-state index in [0.717, 1.165) is 17.8 Å². The predicted molar refractivity (Wildman–Crippen MR) is 87.3 cm³/mol. The number of aromatic nitrogens is 1. The molecule has 1 amide bonds. The van der Waals surface area contributed by atoms with Crippen LogP contribution in [0.15, 0.2) is 42.6 Å². The lowest BCUT2D eigenvalue weighted by molar-refractivity contribution is -0.154. The topological polar surface area (TPSA) is 79.7 Å². The molecule has 1 aliphatic rings. The number of rotatable bonds is 4. The van der Waals surface area contributed by atoms with Gasteiger partial charge in [-0.3, -0.25) is 4.79 Å². The number of carboxylic acid groups (broad SMARTS) is 1. The zero-order chi connectivity index (χ0) is 19.6. The van der Waals surface area contributed by atoms with Crippen LogP contribution in [-0.2, 0) is 11.2 Å². The van der Waals surface area contributed by atoms with Gasteiger partial charge in [-0.2, -0.15) is 13.2 Å².